The van der Waals surface area contributed by atoms with Gasteiger partial charge in [-0.2, -0.15) is 11.8 Å². The van der Waals surface area contributed by atoms with Crippen LogP contribution in [-0.2, 0) is 6.54 Å². The molecule has 5 heteroatoms. The summed E-state index contributed by atoms with van der Waals surface area (Å²) in [6.45, 7) is 5.10. The van der Waals surface area contributed by atoms with Crippen molar-refractivity contribution in [2.45, 2.75) is 6.54 Å². The molecule has 2 N–H and O–H groups in total. The molecule has 0 unspecified atom stereocenters. The number of phenols is 1. The second kappa shape index (κ2) is 8.29. The molecule has 1 rings (SSSR count). The lowest BCUT2D eigenvalue weighted by molar-refractivity contribution is 0.370. The van der Waals surface area contributed by atoms with Crippen LogP contribution < -0.4 is 10.1 Å². The molecule has 0 amide bonds. The molecule has 0 heterocycles. The average Bonchev–Trinajstić information content (AvgIpc) is 2.37. The summed E-state index contributed by atoms with van der Waals surface area (Å²) in [6, 6.07) is 3.34. The molecule has 100 valence electrons. The predicted octanol–water partition coefficient (Wildman–Crippen LogP) is 3.06. The Balaban J connectivity index is 2.46. The van der Waals surface area contributed by atoms with Crippen LogP contribution in [-0.4, -0.2) is 30.3 Å². The van der Waals surface area contributed by atoms with E-state index in [1.807, 2.05) is 17.8 Å². The molecule has 0 aromatic heterocycles. The van der Waals surface area contributed by atoms with E-state index in [9.17, 15) is 5.11 Å². The van der Waals surface area contributed by atoms with Crippen molar-refractivity contribution in [1.29, 1.82) is 0 Å². The van der Waals surface area contributed by atoms with E-state index in [-0.39, 0.29) is 5.75 Å². The van der Waals surface area contributed by atoms with E-state index in [2.05, 4.69) is 11.9 Å². The number of ether oxygens (including phenoxy) is 1. The summed E-state index contributed by atoms with van der Waals surface area (Å²) in [4.78, 5) is 0. The normalized spacial score (nSPS) is 10.3. The fourth-order valence-corrected chi connectivity index (χ4v) is 2.31. The number of benzene rings is 1. The van der Waals surface area contributed by atoms with Gasteiger partial charge < -0.3 is 15.2 Å². The van der Waals surface area contributed by atoms with Crippen LogP contribution in [0.2, 0.25) is 5.02 Å². The molecule has 3 nitrogen and oxygen atoms in total. The quantitative estimate of drug-likeness (QED) is 0.570. The fourth-order valence-electron chi connectivity index (χ4n) is 1.45. The number of rotatable bonds is 8. The zero-order valence-corrected chi connectivity index (χ0v) is 12.0. The fraction of sp³-hybridized carbons (Fsp3) is 0.385. The van der Waals surface area contributed by atoms with Crippen LogP contribution in [0.4, 0.5) is 0 Å². The Bertz CT molecular complexity index is 399. The summed E-state index contributed by atoms with van der Waals surface area (Å²) in [5, 5.41) is 13.7. The molecule has 0 saturated carbocycles. The van der Waals surface area contributed by atoms with Gasteiger partial charge in [-0.1, -0.05) is 17.7 Å². The molecule has 0 atom stereocenters. The van der Waals surface area contributed by atoms with Gasteiger partial charge in [0.25, 0.3) is 0 Å². The molecule has 0 aliphatic rings. The van der Waals surface area contributed by atoms with Crippen LogP contribution in [0.5, 0.6) is 11.5 Å². The van der Waals surface area contributed by atoms with Gasteiger partial charge >= 0.3 is 0 Å². The number of nitrogens with one attached hydrogen (secondary N) is 1. The minimum Gasteiger partial charge on any atom is -0.504 e. The number of hydrogen-bond donors (Lipinski definition) is 2. The van der Waals surface area contributed by atoms with Crippen LogP contribution in [0.25, 0.3) is 0 Å². The maximum Gasteiger partial charge on any atom is 0.162 e. The minimum absolute atomic E-state index is 0.146. The summed E-state index contributed by atoms with van der Waals surface area (Å²) in [5.41, 5.74) is 0.744. The number of thioether (sulfide) groups is 1. The molecule has 1 aromatic rings. The largest absolute Gasteiger partial charge is 0.504 e. The highest BCUT2D eigenvalue weighted by Crippen LogP contribution is 2.33. The van der Waals surface area contributed by atoms with Gasteiger partial charge in [-0.25, -0.2) is 0 Å². The lowest BCUT2D eigenvalue weighted by atomic mass is 10.2. The van der Waals surface area contributed by atoms with Crippen molar-refractivity contribution >= 4 is 23.4 Å². The summed E-state index contributed by atoms with van der Waals surface area (Å²) in [5.74, 6) is 2.51. The zero-order valence-electron chi connectivity index (χ0n) is 10.4. The number of methoxy groups -OCH3 is 1. The van der Waals surface area contributed by atoms with E-state index in [1.54, 1.807) is 12.1 Å². The average molecular weight is 288 g/mol. The van der Waals surface area contributed by atoms with Gasteiger partial charge in [-0.15, -0.1) is 6.58 Å². The molecule has 18 heavy (non-hydrogen) atoms. The number of phenolic OH excluding ortho intramolecular Hbond substituents is 1. The van der Waals surface area contributed by atoms with Gasteiger partial charge in [0.2, 0.25) is 0 Å². The van der Waals surface area contributed by atoms with Crippen molar-refractivity contribution in [2.24, 2.45) is 0 Å². The monoisotopic (exact) mass is 287 g/mol. The molecular formula is C13H18ClNO2S. The summed E-state index contributed by atoms with van der Waals surface area (Å²) in [6.07, 6.45) is 1.89. The van der Waals surface area contributed by atoms with Crippen molar-refractivity contribution in [1.82, 2.24) is 5.32 Å². The van der Waals surface area contributed by atoms with Gasteiger partial charge in [-0.3, -0.25) is 0 Å². The first kappa shape index (κ1) is 15.2. The second-order valence-electron chi connectivity index (χ2n) is 3.66. The van der Waals surface area contributed by atoms with E-state index in [4.69, 9.17) is 16.3 Å². The maximum atomic E-state index is 9.91. The van der Waals surface area contributed by atoms with Gasteiger partial charge in [0.1, 0.15) is 0 Å². The lowest BCUT2D eigenvalue weighted by Crippen LogP contribution is -2.16. The van der Waals surface area contributed by atoms with Crippen molar-refractivity contribution < 1.29 is 9.84 Å². The smallest absolute Gasteiger partial charge is 0.162 e. The van der Waals surface area contributed by atoms with E-state index >= 15 is 0 Å². The van der Waals surface area contributed by atoms with Crippen LogP contribution >= 0.6 is 23.4 Å². The third-order valence-corrected chi connectivity index (χ3v) is 3.50. The van der Waals surface area contributed by atoms with Gasteiger partial charge in [0.15, 0.2) is 11.5 Å². The highest BCUT2D eigenvalue weighted by atomic mass is 35.5. The van der Waals surface area contributed by atoms with Crippen molar-refractivity contribution in [3.8, 4) is 11.5 Å². The highest BCUT2D eigenvalue weighted by molar-refractivity contribution is 7.99. The van der Waals surface area contributed by atoms with E-state index in [1.165, 1.54) is 7.11 Å². The molecule has 0 bridgehead atoms. The maximum absolute atomic E-state index is 9.91. The topological polar surface area (TPSA) is 41.5 Å². The molecule has 0 radical (unpaired) electrons. The summed E-state index contributed by atoms with van der Waals surface area (Å²) in [7, 11) is 1.51. The molecule has 0 saturated heterocycles. The highest BCUT2D eigenvalue weighted by Gasteiger charge is 2.09. The first-order valence-electron chi connectivity index (χ1n) is 5.63. The Kier molecular flexibility index (Phi) is 7.01. The second-order valence-corrected chi connectivity index (χ2v) is 5.24. The van der Waals surface area contributed by atoms with E-state index in [0.29, 0.717) is 17.3 Å². The van der Waals surface area contributed by atoms with E-state index in [0.717, 1.165) is 23.6 Å². The third-order valence-electron chi connectivity index (χ3n) is 2.31. The van der Waals surface area contributed by atoms with Crippen molar-refractivity contribution in [2.75, 3.05) is 25.2 Å². The molecular weight excluding hydrogens is 270 g/mol. The predicted molar refractivity (Wildman–Crippen MR) is 78.9 cm³/mol. The van der Waals surface area contributed by atoms with Crippen LogP contribution in [0.15, 0.2) is 24.8 Å². The van der Waals surface area contributed by atoms with Crippen LogP contribution in [0.1, 0.15) is 5.56 Å². The first-order valence-corrected chi connectivity index (χ1v) is 7.17. The number of halogens is 1. The SMILES string of the molecule is C=CCSCCNCc1cc(Cl)cc(OC)c1O. The number of aromatic hydroxyl groups is 1. The van der Waals surface area contributed by atoms with Crippen molar-refractivity contribution in [3.63, 3.8) is 0 Å². The Morgan fingerprint density at radius 3 is 3.00 bits per heavy atom. The molecule has 0 spiro atoms. The Labute approximate surface area is 117 Å². The molecule has 0 aliphatic carbocycles. The lowest BCUT2D eigenvalue weighted by Gasteiger charge is -2.10. The summed E-state index contributed by atoms with van der Waals surface area (Å²) >= 11 is 7.76. The Morgan fingerprint density at radius 2 is 2.33 bits per heavy atom. The van der Waals surface area contributed by atoms with E-state index < -0.39 is 0 Å². The Morgan fingerprint density at radius 1 is 1.56 bits per heavy atom. The molecule has 0 fully saturated rings. The number of hydrogen-bond acceptors (Lipinski definition) is 4. The van der Waals surface area contributed by atoms with Gasteiger partial charge in [0.05, 0.1) is 7.11 Å². The van der Waals surface area contributed by atoms with Crippen LogP contribution in [0, 0.1) is 0 Å². The standard InChI is InChI=1S/C13H18ClNO2S/c1-3-5-18-6-4-15-9-10-7-11(14)8-12(17-2)13(10)16/h3,7-8,15-16H,1,4-6,9H2,2H3. The van der Waals surface area contributed by atoms with Crippen molar-refractivity contribution in [3.05, 3.63) is 35.4 Å². The third kappa shape index (κ3) is 4.80. The van der Waals surface area contributed by atoms with Crippen LogP contribution in [0.3, 0.4) is 0 Å². The van der Waals surface area contributed by atoms with Gasteiger partial charge in [0, 0.05) is 41.2 Å². The zero-order chi connectivity index (χ0) is 13.4. The Hall–Kier alpha value is -0.840. The molecule has 1 aromatic carbocycles. The minimum atomic E-state index is 0.146. The summed E-state index contributed by atoms with van der Waals surface area (Å²) < 4.78 is 5.05. The molecule has 0 aliphatic heterocycles. The van der Waals surface area contributed by atoms with Gasteiger partial charge in [-0.05, 0) is 6.07 Å². The first-order chi connectivity index (χ1) is 8.69.